The molecule has 1 saturated carbocycles. The molecule has 0 atom stereocenters. The fraction of sp³-hybridized carbons (Fsp3) is 0.875. The number of aliphatic carboxylic acids is 2. The SMILES string of the molecule is CC(C)(CCCCOCCCCC1(C(=O)O)CC1)C(=O)O. The van der Waals surface area contributed by atoms with Crippen LogP contribution < -0.4 is 0 Å². The molecule has 5 nitrogen and oxygen atoms in total. The summed E-state index contributed by atoms with van der Waals surface area (Å²) in [5.74, 6) is -1.40. The second kappa shape index (κ2) is 7.78. The van der Waals surface area contributed by atoms with E-state index in [9.17, 15) is 9.59 Å². The van der Waals surface area contributed by atoms with Gasteiger partial charge >= 0.3 is 11.9 Å². The van der Waals surface area contributed by atoms with Crippen molar-refractivity contribution >= 4 is 11.9 Å². The van der Waals surface area contributed by atoms with Crippen LogP contribution in [-0.2, 0) is 14.3 Å². The molecule has 1 aliphatic carbocycles. The van der Waals surface area contributed by atoms with Gasteiger partial charge in [-0.2, -0.15) is 0 Å². The number of hydrogen-bond acceptors (Lipinski definition) is 3. The summed E-state index contributed by atoms with van der Waals surface area (Å²) >= 11 is 0. The van der Waals surface area contributed by atoms with Gasteiger partial charge in [-0.1, -0.05) is 12.8 Å². The minimum atomic E-state index is -0.754. The predicted molar refractivity (Wildman–Crippen MR) is 79.2 cm³/mol. The van der Waals surface area contributed by atoms with E-state index in [4.69, 9.17) is 14.9 Å². The number of hydrogen-bond donors (Lipinski definition) is 2. The van der Waals surface area contributed by atoms with Crippen LogP contribution in [0, 0.1) is 10.8 Å². The summed E-state index contributed by atoms with van der Waals surface area (Å²) in [4.78, 5) is 21.9. The zero-order valence-electron chi connectivity index (χ0n) is 13.2. The molecule has 0 bridgehead atoms. The molecule has 0 radical (unpaired) electrons. The fourth-order valence-corrected chi connectivity index (χ4v) is 2.37. The summed E-state index contributed by atoms with van der Waals surface area (Å²) in [5, 5.41) is 18.0. The van der Waals surface area contributed by atoms with Gasteiger partial charge in [-0.15, -0.1) is 0 Å². The molecule has 0 aliphatic heterocycles. The van der Waals surface area contributed by atoms with Gasteiger partial charge in [-0.3, -0.25) is 9.59 Å². The monoisotopic (exact) mass is 300 g/mol. The number of ether oxygens (including phenoxy) is 1. The number of carboxylic acids is 2. The molecule has 122 valence electrons. The van der Waals surface area contributed by atoms with E-state index in [1.54, 1.807) is 13.8 Å². The van der Waals surface area contributed by atoms with E-state index in [1.807, 2.05) is 0 Å². The zero-order chi connectivity index (χ0) is 15.9. The van der Waals surface area contributed by atoms with Crippen molar-refractivity contribution in [2.75, 3.05) is 13.2 Å². The van der Waals surface area contributed by atoms with Gasteiger partial charge in [0.25, 0.3) is 0 Å². The lowest BCUT2D eigenvalue weighted by Gasteiger charge is -2.18. The van der Waals surface area contributed by atoms with Gasteiger partial charge < -0.3 is 14.9 Å². The first kappa shape index (κ1) is 18.0. The molecule has 0 aromatic heterocycles. The van der Waals surface area contributed by atoms with Gasteiger partial charge in [0.15, 0.2) is 0 Å². The maximum absolute atomic E-state index is 11.0. The molecule has 0 aromatic carbocycles. The summed E-state index contributed by atoms with van der Waals surface area (Å²) in [7, 11) is 0. The molecule has 2 N–H and O–H groups in total. The Kier molecular flexibility index (Phi) is 6.65. The molecule has 0 saturated heterocycles. The first-order chi connectivity index (χ1) is 9.80. The van der Waals surface area contributed by atoms with E-state index in [-0.39, 0.29) is 0 Å². The number of rotatable bonds is 12. The maximum Gasteiger partial charge on any atom is 0.309 e. The highest BCUT2D eigenvalue weighted by molar-refractivity contribution is 5.77. The Labute approximate surface area is 126 Å². The Bertz CT molecular complexity index is 336. The van der Waals surface area contributed by atoms with Crippen LogP contribution in [0.4, 0.5) is 0 Å². The topological polar surface area (TPSA) is 83.8 Å². The minimum absolute atomic E-state index is 0.414. The van der Waals surface area contributed by atoms with Crippen molar-refractivity contribution in [1.82, 2.24) is 0 Å². The van der Waals surface area contributed by atoms with E-state index >= 15 is 0 Å². The molecule has 0 heterocycles. The van der Waals surface area contributed by atoms with Crippen molar-refractivity contribution in [1.29, 1.82) is 0 Å². The van der Waals surface area contributed by atoms with Crippen molar-refractivity contribution in [3.8, 4) is 0 Å². The summed E-state index contributed by atoms with van der Waals surface area (Å²) in [6.07, 6.45) is 6.58. The van der Waals surface area contributed by atoms with Crippen LogP contribution in [0.15, 0.2) is 0 Å². The first-order valence-electron chi connectivity index (χ1n) is 7.85. The van der Waals surface area contributed by atoms with Gasteiger partial charge in [0.05, 0.1) is 10.8 Å². The van der Waals surface area contributed by atoms with Crippen molar-refractivity contribution in [2.45, 2.75) is 65.2 Å². The molecule has 0 amide bonds. The van der Waals surface area contributed by atoms with E-state index in [2.05, 4.69) is 0 Å². The van der Waals surface area contributed by atoms with Crippen molar-refractivity contribution in [2.24, 2.45) is 10.8 Å². The average molecular weight is 300 g/mol. The minimum Gasteiger partial charge on any atom is -0.481 e. The Morgan fingerprint density at radius 1 is 1.05 bits per heavy atom. The van der Waals surface area contributed by atoms with Crippen molar-refractivity contribution < 1.29 is 24.5 Å². The fourth-order valence-electron chi connectivity index (χ4n) is 2.37. The lowest BCUT2D eigenvalue weighted by atomic mass is 9.87. The third-order valence-corrected chi connectivity index (χ3v) is 4.42. The van der Waals surface area contributed by atoms with Crippen LogP contribution >= 0.6 is 0 Å². The second-order valence-corrected chi connectivity index (χ2v) is 6.80. The van der Waals surface area contributed by atoms with Gasteiger partial charge in [0.1, 0.15) is 0 Å². The quantitative estimate of drug-likeness (QED) is 0.540. The maximum atomic E-state index is 11.0. The van der Waals surface area contributed by atoms with E-state index < -0.39 is 22.8 Å². The molecule has 1 rings (SSSR count). The Hall–Kier alpha value is -1.10. The van der Waals surface area contributed by atoms with Crippen molar-refractivity contribution in [3.05, 3.63) is 0 Å². The highest BCUT2D eigenvalue weighted by Gasteiger charge is 2.49. The molecule has 21 heavy (non-hydrogen) atoms. The highest BCUT2D eigenvalue weighted by atomic mass is 16.5. The van der Waals surface area contributed by atoms with E-state index in [1.165, 1.54) is 0 Å². The standard InChI is InChI=1S/C16H28O5/c1-15(2,13(17)18)7-3-5-11-21-12-6-4-8-16(9-10-16)14(19)20/h3-12H2,1-2H3,(H,17,18)(H,19,20). The lowest BCUT2D eigenvalue weighted by Crippen LogP contribution is -2.23. The number of unbranched alkanes of at least 4 members (excludes halogenated alkanes) is 2. The average Bonchev–Trinajstić information content (AvgIpc) is 3.17. The third-order valence-electron chi connectivity index (χ3n) is 4.42. The van der Waals surface area contributed by atoms with E-state index in [0.29, 0.717) is 19.6 Å². The van der Waals surface area contributed by atoms with Crippen LogP contribution in [0.3, 0.4) is 0 Å². The number of carbonyl (C=O) groups is 2. The normalized spacial score (nSPS) is 16.7. The lowest BCUT2D eigenvalue weighted by molar-refractivity contribution is -0.147. The Morgan fingerprint density at radius 3 is 2.10 bits per heavy atom. The molecule has 1 aliphatic rings. The molecular weight excluding hydrogens is 272 g/mol. The molecule has 0 unspecified atom stereocenters. The van der Waals surface area contributed by atoms with Crippen LogP contribution in [0.25, 0.3) is 0 Å². The molecule has 0 aromatic rings. The number of carboxylic acid groups (broad SMARTS) is 2. The predicted octanol–water partition coefficient (Wildman–Crippen LogP) is 3.32. The van der Waals surface area contributed by atoms with Crippen LogP contribution in [0.5, 0.6) is 0 Å². The third kappa shape index (κ3) is 6.04. The summed E-state index contributed by atoms with van der Waals surface area (Å²) in [5.41, 5.74) is -1.07. The van der Waals surface area contributed by atoms with Gasteiger partial charge in [-0.25, -0.2) is 0 Å². The van der Waals surface area contributed by atoms with Crippen LogP contribution in [0.1, 0.15) is 65.2 Å². The van der Waals surface area contributed by atoms with Gasteiger partial charge in [0.2, 0.25) is 0 Å². The molecule has 0 spiro atoms. The summed E-state index contributed by atoms with van der Waals surface area (Å²) in [6, 6.07) is 0. The second-order valence-electron chi connectivity index (χ2n) is 6.80. The van der Waals surface area contributed by atoms with Gasteiger partial charge in [-0.05, 0) is 52.4 Å². The summed E-state index contributed by atoms with van der Waals surface area (Å²) in [6.45, 7) is 4.80. The van der Waals surface area contributed by atoms with Crippen LogP contribution in [-0.4, -0.2) is 35.4 Å². The molecule has 1 fully saturated rings. The van der Waals surface area contributed by atoms with Crippen LogP contribution in [0.2, 0.25) is 0 Å². The van der Waals surface area contributed by atoms with Gasteiger partial charge in [0, 0.05) is 13.2 Å². The molecule has 5 heteroatoms. The first-order valence-corrected chi connectivity index (χ1v) is 7.85. The Morgan fingerprint density at radius 2 is 1.62 bits per heavy atom. The zero-order valence-corrected chi connectivity index (χ0v) is 13.2. The van der Waals surface area contributed by atoms with E-state index in [0.717, 1.165) is 44.9 Å². The van der Waals surface area contributed by atoms with Crippen molar-refractivity contribution in [3.63, 3.8) is 0 Å². The highest BCUT2D eigenvalue weighted by Crippen LogP contribution is 2.49. The summed E-state index contributed by atoms with van der Waals surface area (Å²) < 4.78 is 5.51. The molecular formula is C16H28O5. The largest absolute Gasteiger partial charge is 0.481 e. The Balaban J connectivity index is 1.92. The smallest absolute Gasteiger partial charge is 0.309 e.